The molecule has 3 rings (SSSR count). The summed E-state index contributed by atoms with van der Waals surface area (Å²) in [6, 6.07) is 10.3. The number of hydrogen-bond donors (Lipinski definition) is 0. The first-order valence-corrected chi connectivity index (χ1v) is 7.16. The Kier molecular flexibility index (Phi) is 3.53. The van der Waals surface area contributed by atoms with Crippen LogP contribution in [0.4, 0.5) is 4.39 Å². The largest absolute Gasteiger partial charge is 0.328 e. The first-order valence-electron chi connectivity index (χ1n) is 7.16. The molecular weight excluding hydrogens is 279 g/mol. The quantitative estimate of drug-likeness (QED) is 0.688. The van der Waals surface area contributed by atoms with Crippen molar-refractivity contribution in [3.8, 4) is 0 Å². The minimum Gasteiger partial charge on any atom is -0.328 e. The maximum absolute atomic E-state index is 13.0. The number of carbonyl (C=O) groups is 1. The average Bonchev–Trinajstić information content (AvgIpc) is 2.89. The summed E-state index contributed by atoms with van der Waals surface area (Å²) in [6.07, 6.45) is 4.66. The van der Waals surface area contributed by atoms with Crippen LogP contribution >= 0.6 is 0 Å². The Morgan fingerprint density at radius 1 is 1.23 bits per heavy atom. The Morgan fingerprint density at radius 3 is 2.64 bits per heavy atom. The number of nitrogens with zero attached hydrogens (tertiary/aromatic N) is 2. The summed E-state index contributed by atoms with van der Waals surface area (Å²) in [6.45, 7) is 4.37. The third-order valence-electron chi connectivity index (χ3n) is 3.89. The van der Waals surface area contributed by atoms with Crippen LogP contribution in [0.3, 0.4) is 0 Å². The Balaban J connectivity index is 2.10. The third-order valence-corrected chi connectivity index (χ3v) is 3.89. The van der Waals surface area contributed by atoms with Gasteiger partial charge < -0.3 is 9.36 Å². The van der Waals surface area contributed by atoms with E-state index in [-0.39, 0.29) is 5.82 Å². The number of halogens is 1. The molecule has 0 aliphatic rings. The molecule has 0 aliphatic carbocycles. The third kappa shape index (κ3) is 2.52. The van der Waals surface area contributed by atoms with Gasteiger partial charge in [0.25, 0.3) is 0 Å². The van der Waals surface area contributed by atoms with Crippen molar-refractivity contribution in [1.82, 2.24) is 9.55 Å². The maximum Gasteiger partial charge on any atom is 0.140 e. The van der Waals surface area contributed by atoms with E-state index in [1.807, 2.05) is 36.7 Å². The van der Waals surface area contributed by atoms with Crippen molar-refractivity contribution < 1.29 is 9.18 Å². The van der Waals surface area contributed by atoms with Gasteiger partial charge in [0.15, 0.2) is 0 Å². The number of fused-ring (bicyclic) bond motifs is 1. The van der Waals surface area contributed by atoms with Crippen molar-refractivity contribution in [2.75, 3.05) is 0 Å². The second-order valence-electron chi connectivity index (χ2n) is 6.01. The highest BCUT2D eigenvalue weighted by Crippen LogP contribution is 2.30. The number of rotatable bonds is 4. The minimum absolute atomic E-state index is 0.248. The lowest BCUT2D eigenvalue weighted by Gasteiger charge is -2.15. The second kappa shape index (κ2) is 5.37. The lowest BCUT2D eigenvalue weighted by atomic mass is 9.86. The van der Waals surface area contributed by atoms with E-state index in [4.69, 9.17) is 0 Å². The molecule has 3 aromatic rings. The molecule has 0 fully saturated rings. The number of carbonyl (C=O) groups excluding carboxylic acids is 1. The SMILES string of the molecule is CC(C)(C=O)c1cn(Cc2ccc(F)cc2)c2ncccc12. The molecule has 0 radical (unpaired) electrons. The van der Waals surface area contributed by atoms with Crippen LogP contribution in [-0.4, -0.2) is 15.8 Å². The first-order chi connectivity index (χ1) is 10.5. The molecule has 2 heterocycles. The van der Waals surface area contributed by atoms with Crippen LogP contribution in [0.15, 0.2) is 48.8 Å². The highest BCUT2D eigenvalue weighted by molar-refractivity contribution is 5.86. The Hall–Kier alpha value is -2.49. The summed E-state index contributed by atoms with van der Waals surface area (Å²) in [5.74, 6) is -0.248. The van der Waals surface area contributed by atoms with Crippen molar-refractivity contribution in [2.45, 2.75) is 25.8 Å². The van der Waals surface area contributed by atoms with Crippen LogP contribution in [0, 0.1) is 5.82 Å². The van der Waals surface area contributed by atoms with Crippen molar-refractivity contribution >= 4 is 17.3 Å². The molecular formula is C18H17FN2O. The summed E-state index contributed by atoms with van der Waals surface area (Å²) in [4.78, 5) is 15.8. The molecule has 3 nitrogen and oxygen atoms in total. The second-order valence-corrected chi connectivity index (χ2v) is 6.01. The van der Waals surface area contributed by atoms with Crippen LogP contribution in [0.5, 0.6) is 0 Å². The van der Waals surface area contributed by atoms with Crippen molar-refractivity contribution in [2.24, 2.45) is 0 Å². The van der Waals surface area contributed by atoms with E-state index in [2.05, 4.69) is 4.98 Å². The van der Waals surface area contributed by atoms with Gasteiger partial charge in [-0.2, -0.15) is 0 Å². The number of aromatic nitrogens is 2. The van der Waals surface area contributed by atoms with Crippen LogP contribution < -0.4 is 0 Å². The predicted octanol–water partition coefficient (Wildman–Crippen LogP) is 3.70. The molecule has 0 bridgehead atoms. The van der Waals surface area contributed by atoms with Crippen LogP contribution in [0.1, 0.15) is 25.0 Å². The van der Waals surface area contributed by atoms with E-state index in [9.17, 15) is 9.18 Å². The van der Waals surface area contributed by atoms with Crippen molar-refractivity contribution in [3.05, 3.63) is 65.7 Å². The van der Waals surface area contributed by atoms with Crippen LogP contribution in [-0.2, 0) is 16.8 Å². The molecule has 22 heavy (non-hydrogen) atoms. The van der Waals surface area contributed by atoms with Gasteiger partial charge in [0.1, 0.15) is 17.8 Å². The van der Waals surface area contributed by atoms with Gasteiger partial charge >= 0.3 is 0 Å². The summed E-state index contributed by atoms with van der Waals surface area (Å²) >= 11 is 0. The molecule has 0 N–H and O–H groups in total. The molecule has 0 saturated heterocycles. The fraction of sp³-hybridized carbons (Fsp3) is 0.222. The van der Waals surface area contributed by atoms with E-state index in [0.29, 0.717) is 6.54 Å². The summed E-state index contributed by atoms with van der Waals surface area (Å²) < 4.78 is 15.0. The molecule has 0 atom stereocenters. The fourth-order valence-electron chi connectivity index (χ4n) is 2.61. The molecule has 4 heteroatoms. The highest BCUT2D eigenvalue weighted by Gasteiger charge is 2.25. The van der Waals surface area contributed by atoms with E-state index in [1.54, 1.807) is 18.3 Å². The van der Waals surface area contributed by atoms with Crippen LogP contribution in [0.2, 0.25) is 0 Å². The Morgan fingerprint density at radius 2 is 1.95 bits per heavy atom. The summed E-state index contributed by atoms with van der Waals surface area (Å²) in [5, 5.41) is 0.974. The molecule has 0 aliphatic heterocycles. The normalized spacial score (nSPS) is 11.8. The predicted molar refractivity (Wildman–Crippen MR) is 84.3 cm³/mol. The fourth-order valence-corrected chi connectivity index (χ4v) is 2.61. The maximum atomic E-state index is 13.0. The summed E-state index contributed by atoms with van der Waals surface area (Å²) in [7, 11) is 0. The van der Waals surface area contributed by atoms with E-state index >= 15 is 0 Å². The number of aldehydes is 1. The smallest absolute Gasteiger partial charge is 0.140 e. The zero-order valence-corrected chi connectivity index (χ0v) is 12.6. The molecule has 0 spiro atoms. The average molecular weight is 296 g/mol. The van der Waals surface area contributed by atoms with Gasteiger partial charge in [-0.05, 0) is 49.2 Å². The van der Waals surface area contributed by atoms with Crippen molar-refractivity contribution in [3.63, 3.8) is 0 Å². The molecule has 112 valence electrons. The lowest BCUT2D eigenvalue weighted by molar-refractivity contribution is -0.111. The van der Waals surface area contributed by atoms with Gasteiger partial charge in [-0.3, -0.25) is 0 Å². The monoisotopic (exact) mass is 296 g/mol. The number of hydrogen-bond acceptors (Lipinski definition) is 2. The van der Waals surface area contributed by atoms with Gasteiger partial charge in [-0.25, -0.2) is 9.37 Å². The standard InChI is InChI=1S/C18H17FN2O/c1-18(2,12-22)16-11-21(17-15(16)4-3-9-20-17)10-13-5-7-14(19)8-6-13/h3-9,11-12H,10H2,1-2H3. The zero-order valence-electron chi connectivity index (χ0n) is 12.6. The highest BCUT2D eigenvalue weighted by atomic mass is 19.1. The van der Waals surface area contributed by atoms with E-state index in [0.717, 1.165) is 28.4 Å². The van der Waals surface area contributed by atoms with Gasteiger partial charge in [-0.1, -0.05) is 12.1 Å². The lowest BCUT2D eigenvalue weighted by Crippen LogP contribution is -2.18. The first kappa shape index (κ1) is 14.4. The zero-order chi connectivity index (χ0) is 15.7. The van der Waals surface area contributed by atoms with E-state index in [1.165, 1.54) is 12.1 Å². The van der Waals surface area contributed by atoms with Gasteiger partial charge in [-0.15, -0.1) is 0 Å². The Labute approximate surface area is 128 Å². The van der Waals surface area contributed by atoms with Crippen LogP contribution in [0.25, 0.3) is 11.0 Å². The minimum atomic E-state index is -0.574. The molecule has 1 aromatic carbocycles. The molecule has 0 unspecified atom stereocenters. The molecule has 2 aromatic heterocycles. The van der Waals surface area contributed by atoms with Gasteiger partial charge in [0.2, 0.25) is 0 Å². The van der Waals surface area contributed by atoms with Crippen molar-refractivity contribution in [1.29, 1.82) is 0 Å². The Bertz CT molecular complexity index is 819. The van der Waals surface area contributed by atoms with E-state index < -0.39 is 5.41 Å². The number of benzene rings is 1. The molecule has 0 amide bonds. The summed E-state index contributed by atoms with van der Waals surface area (Å²) in [5.41, 5.74) is 2.19. The van der Waals surface area contributed by atoms with Gasteiger partial charge in [0.05, 0.1) is 0 Å². The van der Waals surface area contributed by atoms with Gasteiger partial charge in [0, 0.05) is 29.7 Å². The number of pyridine rings is 1. The topological polar surface area (TPSA) is 34.9 Å². The molecule has 0 saturated carbocycles.